The molecule has 1 unspecified atom stereocenters. The number of rotatable bonds is 3. The van der Waals surface area contributed by atoms with Gasteiger partial charge in [-0.25, -0.2) is 9.97 Å². The van der Waals surface area contributed by atoms with Crippen molar-refractivity contribution in [2.24, 2.45) is 0 Å². The van der Waals surface area contributed by atoms with Gasteiger partial charge in [0.2, 0.25) is 0 Å². The van der Waals surface area contributed by atoms with Crippen molar-refractivity contribution in [3.63, 3.8) is 0 Å². The Hall–Kier alpha value is -1.10. The molecule has 80 valence electrons. The monoisotopic (exact) mass is 269 g/mol. The summed E-state index contributed by atoms with van der Waals surface area (Å²) in [7, 11) is 0. The average Bonchev–Trinajstić information content (AvgIpc) is 2.29. The van der Waals surface area contributed by atoms with Gasteiger partial charge in [-0.3, -0.25) is 0 Å². The quantitative estimate of drug-likeness (QED) is 0.915. The van der Waals surface area contributed by atoms with Crippen LogP contribution in [0.3, 0.4) is 0 Å². The summed E-state index contributed by atoms with van der Waals surface area (Å²) >= 11 is 3.38. The van der Waals surface area contributed by atoms with E-state index in [9.17, 15) is 0 Å². The molecule has 0 saturated heterocycles. The Morgan fingerprint density at radius 2 is 2.53 bits per heavy atom. The van der Waals surface area contributed by atoms with Gasteiger partial charge in [0.05, 0.1) is 17.3 Å². The fourth-order valence-electron chi connectivity index (χ4n) is 1.39. The van der Waals surface area contributed by atoms with Crippen molar-refractivity contribution < 1.29 is 4.74 Å². The lowest BCUT2D eigenvalue weighted by atomic mass is 10.1. The van der Waals surface area contributed by atoms with Crippen LogP contribution in [-0.4, -0.2) is 22.6 Å². The SMILES string of the molecule is Brc1cncnc1NCC1CCC=CO1. The van der Waals surface area contributed by atoms with Crippen LogP contribution in [0.2, 0.25) is 0 Å². The van der Waals surface area contributed by atoms with E-state index >= 15 is 0 Å². The minimum absolute atomic E-state index is 0.233. The molecule has 1 aliphatic rings. The van der Waals surface area contributed by atoms with Crippen LogP contribution in [0.1, 0.15) is 12.8 Å². The summed E-state index contributed by atoms with van der Waals surface area (Å²) in [6.45, 7) is 0.764. The zero-order valence-corrected chi connectivity index (χ0v) is 9.77. The number of hydrogen-bond donors (Lipinski definition) is 1. The third-order valence-electron chi connectivity index (χ3n) is 2.19. The van der Waals surface area contributed by atoms with E-state index in [0.29, 0.717) is 0 Å². The van der Waals surface area contributed by atoms with Crippen LogP contribution in [0.5, 0.6) is 0 Å². The number of allylic oxidation sites excluding steroid dienone is 1. The molecule has 1 N–H and O–H groups in total. The van der Waals surface area contributed by atoms with E-state index in [-0.39, 0.29) is 6.10 Å². The lowest BCUT2D eigenvalue weighted by molar-refractivity contribution is 0.135. The molecular weight excluding hydrogens is 258 g/mol. The third kappa shape index (κ3) is 2.92. The summed E-state index contributed by atoms with van der Waals surface area (Å²) < 4.78 is 6.31. The first-order chi connectivity index (χ1) is 7.36. The highest BCUT2D eigenvalue weighted by molar-refractivity contribution is 9.10. The van der Waals surface area contributed by atoms with Gasteiger partial charge < -0.3 is 10.1 Å². The smallest absolute Gasteiger partial charge is 0.143 e. The normalized spacial score (nSPS) is 19.7. The molecule has 0 radical (unpaired) electrons. The molecule has 2 rings (SSSR count). The molecule has 0 saturated carbocycles. The van der Waals surface area contributed by atoms with Crippen molar-refractivity contribution in [1.82, 2.24) is 9.97 Å². The molecule has 1 aliphatic heterocycles. The maximum absolute atomic E-state index is 5.44. The highest BCUT2D eigenvalue weighted by atomic mass is 79.9. The molecule has 1 atom stereocenters. The third-order valence-corrected chi connectivity index (χ3v) is 2.77. The topological polar surface area (TPSA) is 47.0 Å². The van der Waals surface area contributed by atoms with Crippen LogP contribution in [0, 0.1) is 0 Å². The molecule has 1 aromatic rings. The number of halogens is 1. The van der Waals surface area contributed by atoms with Crippen molar-refractivity contribution in [3.05, 3.63) is 29.3 Å². The van der Waals surface area contributed by atoms with Crippen LogP contribution in [-0.2, 0) is 4.74 Å². The van der Waals surface area contributed by atoms with Gasteiger partial charge in [-0.2, -0.15) is 0 Å². The molecule has 0 aromatic carbocycles. The van der Waals surface area contributed by atoms with Crippen molar-refractivity contribution in [3.8, 4) is 0 Å². The fraction of sp³-hybridized carbons (Fsp3) is 0.400. The van der Waals surface area contributed by atoms with E-state index < -0.39 is 0 Å². The van der Waals surface area contributed by atoms with Crippen LogP contribution in [0.4, 0.5) is 5.82 Å². The van der Waals surface area contributed by atoms with Gasteiger partial charge in [-0.1, -0.05) is 0 Å². The van der Waals surface area contributed by atoms with E-state index in [1.165, 1.54) is 6.33 Å². The van der Waals surface area contributed by atoms with Crippen LogP contribution in [0.25, 0.3) is 0 Å². The van der Waals surface area contributed by atoms with Gasteiger partial charge in [0, 0.05) is 6.20 Å². The molecule has 1 aromatic heterocycles. The lowest BCUT2D eigenvalue weighted by Gasteiger charge is -2.20. The largest absolute Gasteiger partial charge is 0.497 e. The number of hydrogen-bond acceptors (Lipinski definition) is 4. The first-order valence-corrected chi connectivity index (χ1v) is 5.65. The molecule has 0 fully saturated rings. The highest BCUT2D eigenvalue weighted by Gasteiger charge is 2.11. The van der Waals surface area contributed by atoms with Crippen LogP contribution in [0.15, 0.2) is 29.3 Å². The van der Waals surface area contributed by atoms with E-state index in [4.69, 9.17) is 4.74 Å². The maximum atomic E-state index is 5.44. The summed E-state index contributed by atoms with van der Waals surface area (Å²) in [5.74, 6) is 0.808. The summed E-state index contributed by atoms with van der Waals surface area (Å²) in [6, 6.07) is 0. The average molecular weight is 270 g/mol. The minimum Gasteiger partial charge on any atom is -0.497 e. The maximum Gasteiger partial charge on any atom is 0.143 e. The second-order valence-electron chi connectivity index (χ2n) is 3.31. The van der Waals surface area contributed by atoms with Crippen LogP contribution < -0.4 is 5.32 Å². The predicted molar refractivity (Wildman–Crippen MR) is 61.5 cm³/mol. The molecule has 2 heterocycles. The Labute approximate surface area is 96.9 Å². The van der Waals surface area contributed by atoms with E-state index in [0.717, 1.165) is 29.7 Å². The van der Waals surface area contributed by atoms with Gasteiger partial charge in [0.15, 0.2) is 0 Å². The fourth-order valence-corrected chi connectivity index (χ4v) is 1.75. The summed E-state index contributed by atoms with van der Waals surface area (Å²) in [5.41, 5.74) is 0. The number of ether oxygens (including phenoxy) is 1. The van der Waals surface area contributed by atoms with E-state index in [1.807, 2.05) is 6.08 Å². The standard InChI is InChI=1S/C10H12BrN3O/c11-9-6-12-7-14-10(9)13-5-8-3-1-2-4-15-8/h2,4,6-8H,1,3,5H2,(H,12,13,14). The predicted octanol–water partition coefficient (Wildman–Crippen LogP) is 2.34. The molecule has 5 heteroatoms. The minimum atomic E-state index is 0.233. The summed E-state index contributed by atoms with van der Waals surface area (Å²) in [5, 5.41) is 3.23. The van der Waals surface area contributed by atoms with Crippen molar-refractivity contribution in [2.45, 2.75) is 18.9 Å². The van der Waals surface area contributed by atoms with Crippen molar-refractivity contribution in [1.29, 1.82) is 0 Å². The second kappa shape index (κ2) is 5.11. The van der Waals surface area contributed by atoms with Crippen molar-refractivity contribution in [2.75, 3.05) is 11.9 Å². The number of nitrogens with one attached hydrogen (secondary N) is 1. The van der Waals surface area contributed by atoms with Crippen LogP contribution >= 0.6 is 15.9 Å². The lowest BCUT2D eigenvalue weighted by Crippen LogP contribution is -2.23. The van der Waals surface area contributed by atoms with Gasteiger partial charge in [-0.15, -0.1) is 0 Å². The van der Waals surface area contributed by atoms with Gasteiger partial charge >= 0.3 is 0 Å². The molecule has 4 nitrogen and oxygen atoms in total. The molecule has 0 amide bonds. The first kappa shape index (κ1) is 10.4. The van der Waals surface area contributed by atoms with E-state index in [1.54, 1.807) is 12.5 Å². The Balaban J connectivity index is 1.87. The Bertz CT molecular complexity index is 356. The van der Waals surface area contributed by atoms with Gasteiger partial charge in [0.25, 0.3) is 0 Å². The molecule has 0 aliphatic carbocycles. The Morgan fingerprint density at radius 1 is 1.60 bits per heavy atom. The first-order valence-electron chi connectivity index (χ1n) is 4.86. The van der Waals surface area contributed by atoms with Crippen molar-refractivity contribution >= 4 is 21.7 Å². The zero-order chi connectivity index (χ0) is 10.5. The van der Waals surface area contributed by atoms with E-state index in [2.05, 4.69) is 31.2 Å². The summed E-state index contributed by atoms with van der Waals surface area (Å²) in [6.07, 6.45) is 9.41. The Morgan fingerprint density at radius 3 is 3.27 bits per heavy atom. The Kier molecular flexibility index (Phi) is 3.55. The highest BCUT2D eigenvalue weighted by Crippen LogP contribution is 2.18. The molecule has 15 heavy (non-hydrogen) atoms. The van der Waals surface area contributed by atoms with Gasteiger partial charge in [-0.05, 0) is 34.8 Å². The number of aromatic nitrogens is 2. The number of nitrogens with zero attached hydrogens (tertiary/aromatic N) is 2. The summed E-state index contributed by atoms with van der Waals surface area (Å²) in [4.78, 5) is 8.02. The molecular formula is C10H12BrN3O. The molecule has 0 spiro atoms. The second-order valence-corrected chi connectivity index (χ2v) is 4.16. The number of anilines is 1. The molecule has 0 bridgehead atoms. The zero-order valence-electron chi connectivity index (χ0n) is 8.19. The van der Waals surface area contributed by atoms with Gasteiger partial charge in [0.1, 0.15) is 18.2 Å².